The van der Waals surface area contributed by atoms with Crippen LogP contribution in [0.15, 0.2) is 72.8 Å². The maximum absolute atomic E-state index is 11.2. The van der Waals surface area contributed by atoms with Crippen LogP contribution in [0.2, 0.25) is 0 Å². The molecular weight excluding hydrogens is 504 g/mol. The first kappa shape index (κ1) is 30.6. The first-order valence-corrected chi connectivity index (χ1v) is 14.0. The second-order valence-corrected chi connectivity index (χ2v) is 10.1. The van der Waals surface area contributed by atoms with Gasteiger partial charge in [0.1, 0.15) is 34.6 Å². The highest BCUT2D eigenvalue weighted by molar-refractivity contribution is 5.76. The Balaban J connectivity index is 1.75. The van der Waals surface area contributed by atoms with Crippen molar-refractivity contribution in [1.29, 1.82) is 0 Å². The summed E-state index contributed by atoms with van der Waals surface area (Å²) < 4.78 is 17.5. The van der Waals surface area contributed by atoms with Crippen LogP contribution in [0.25, 0.3) is 0 Å². The summed E-state index contributed by atoms with van der Waals surface area (Å²) in [6, 6.07) is 24.2. The zero-order valence-electron chi connectivity index (χ0n) is 23.8. The number of Topliss-reactive ketones (excluding diaryl/α,β-unsaturated/α-hetero) is 3. The molecule has 0 amide bonds. The van der Waals surface area contributed by atoms with Crippen LogP contribution in [0, 0.1) is 0 Å². The molecule has 0 aromatic heterocycles. The summed E-state index contributed by atoms with van der Waals surface area (Å²) in [6.45, 7) is 6.29. The number of hydrogen-bond donors (Lipinski definition) is 0. The molecule has 3 aromatic rings. The summed E-state index contributed by atoms with van der Waals surface area (Å²) in [5.74, 6) is 2.80. The minimum absolute atomic E-state index is 0.0229. The van der Waals surface area contributed by atoms with Crippen molar-refractivity contribution >= 4 is 17.3 Å². The Kier molecular flexibility index (Phi) is 12.4. The Morgan fingerprint density at radius 1 is 0.475 bits per heavy atom. The van der Waals surface area contributed by atoms with Gasteiger partial charge in [0.2, 0.25) is 0 Å². The lowest BCUT2D eigenvalue weighted by atomic mass is 9.85. The molecule has 0 heterocycles. The minimum Gasteiger partial charge on any atom is -0.494 e. The number of carbonyl (C=O) groups excluding carboxylic acids is 3. The van der Waals surface area contributed by atoms with E-state index in [9.17, 15) is 14.4 Å². The summed E-state index contributed by atoms with van der Waals surface area (Å²) in [6.07, 6.45) is 3.66. The quantitative estimate of drug-likeness (QED) is 0.125. The summed E-state index contributed by atoms with van der Waals surface area (Å²) in [7, 11) is 0. The van der Waals surface area contributed by atoms with Gasteiger partial charge in [-0.15, -0.1) is 0 Å². The van der Waals surface area contributed by atoms with Crippen molar-refractivity contribution in [3.63, 3.8) is 0 Å². The lowest BCUT2D eigenvalue weighted by molar-refractivity contribution is -0.118. The SMILES string of the molecule is CC(=O)CCCOc1ccc(C(c2ccc(OCCCC(C)=O)cc2)c2ccc(OCCCC(C)=O)cc2)cc1. The molecule has 3 aromatic carbocycles. The molecule has 0 N–H and O–H groups in total. The van der Waals surface area contributed by atoms with Gasteiger partial charge in [-0.1, -0.05) is 36.4 Å². The molecule has 0 aliphatic heterocycles. The van der Waals surface area contributed by atoms with Crippen molar-refractivity contribution in [2.75, 3.05) is 19.8 Å². The zero-order valence-corrected chi connectivity index (χ0v) is 23.8. The van der Waals surface area contributed by atoms with Crippen molar-refractivity contribution in [2.45, 2.75) is 65.2 Å². The summed E-state index contributed by atoms with van der Waals surface area (Å²) in [4.78, 5) is 33.5. The summed E-state index contributed by atoms with van der Waals surface area (Å²) in [5, 5.41) is 0. The number of rotatable bonds is 18. The van der Waals surface area contributed by atoms with Crippen LogP contribution in [0.3, 0.4) is 0 Å². The number of hydrogen-bond acceptors (Lipinski definition) is 6. The number of benzene rings is 3. The molecule has 6 heteroatoms. The van der Waals surface area contributed by atoms with Gasteiger partial charge in [-0.05, 0) is 93.1 Å². The Morgan fingerprint density at radius 3 is 0.950 bits per heavy atom. The fraction of sp³-hybridized carbons (Fsp3) is 0.382. The topological polar surface area (TPSA) is 78.9 Å². The van der Waals surface area contributed by atoms with Crippen molar-refractivity contribution in [3.8, 4) is 17.2 Å². The summed E-state index contributed by atoms with van der Waals surface area (Å²) >= 11 is 0. The Bertz CT molecular complexity index is 1060. The van der Waals surface area contributed by atoms with Gasteiger partial charge in [0.25, 0.3) is 0 Å². The molecule has 0 unspecified atom stereocenters. The monoisotopic (exact) mass is 544 g/mol. The van der Waals surface area contributed by atoms with Gasteiger partial charge in [0, 0.05) is 25.2 Å². The molecule has 0 saturated carbocycles. The molecule has 0 bridgehead atoms. The van der Waals surface area contributed by atoms with E-state index in [1.807, 2.05) is 36.4 Å². The first-order valence-electron chi connectivity index (χ1n) is 14.0. The van der Waals surface area contributed by atoms with Gasteiger partial charge in [-0.2, -0.15) is 0 Å². The van der Waals surface area contributed by atoms with Crippen LogP contribution < -0.4 is 14.2 Å². The predicted molar refractivity (Wildman–Crippen MR) is 157 cm³/mol. The maximum atomic E-state index is 11.2. The third kappa shape index (κ3) is 10.7. The lowest BCUT2D eigenvalue weighted by Crippen LogP contribution is -2.05. The van der Waals surface area contributed by atoms with Gasteiger partial charge in [0.15, 0.2) is 0 Å². The predicted octanol–water partition coefficient (Wildman–Crippen LogP) is 7.11. The van der Waals surface area contributed by atoms with E-state index in [2.05, 4.69) is 36.4 Å². The van der Waals surface area contributed by atoms with Gasteiger partial charge >= 0.3 is 0 Å². The highest BCUT2D eigenvalue weighted by atomic mass is 16.5. The van der Waals surface area contributed by atoms with E-state index < -0.39 is 0 Å². The van der Waals surface area contributed by atoms with E-state index >= 15 is 0 Å². The zero-order chi connectivity index (χ0) is 28.7. The van der Waals surface area contributed by atoms with Gasteiger partial charge in [-0.3, -0.25) is 0 Å². The Morgan fingerprint density at radius 2 is 0.725 bits per heavy atom. The van der Waals surface area contributed by atoms with Crippen LogP contribution in [-0.2, 0) is 14.4 Å². The van der Waals surface area contributed by atoms with Gasteiger partial charge < -0.3 is 28.6 Å². The normalized spacial score (nSPS) is 10.8. The molecule has 0 saturated heterocycles. The molecule has 0 atom stereocenters. The van der Waals surface area contributed by atoms with Crippen molar-refractivity contribution < 1.29 is 28.6 Å². The van der Waals surface area contributed by atoms with Gasteiger partial charge in [0.05, 0.1) is 19.8 Å². The third-order valence-electron chi connectivity index (χ3n) is 6.47. The van der Waals surface area contributed by atoms with E-state index in [-0.39, 0.29) is 23.3 Å². The van der Waals surface area contributed by atoms with Crippen molar-refractivity contribution in [2.24, 2.45) is 0 Å². The smallest absolute Gasteiger partial charge is 0.129 e. The molecule has 0 spiro atoms. The molecular formula is C34H40O6. The maximum Gasteiger partial charge on any atom is 0.129 e. The van der Waals surface area contributed by atoms with Crippen molar-refractivity contribution in [1.82, 2.24) is 0 Å². The van der Waals surface area contributed by atoms with Crippen LogP contribution >= 0.6 is 0 Å². The molecule has 6 nitrogen and oxygen atoms in total. The Hall–Kier alpha value is -3.93. The molecule has 3 rings (SSSR count). The van der Waals surface area contributed by atoms with Crippen LogP contribution in [0.5, 0.6) is 17.2 Å². The third-order valence-corrected chi connectivity index (χ3v) is 6.47. The fourth-order valence-electron chi connectivity index (χ4n) is 4.38. The number of ether oxygens (including phenoxy) is 3. The van der Waals surface area contributed by atoms with Gasteiger partial charge in [-0.25, -0.2) is 0 Å². The largest absolute Gasteiger partial charge is 0.494 e. The number of ketones is 3. The average molecular weight is 545 g/mol. The molecule has 0 radical (unpaired) electrons. The van der Waals surface area contributed by atoms with E-state index in [1.165, 1.54) is 0 Å². The number of carbonyl (C=O) groups is 3. The standard InChI is InChI=1S/C34H40O6/c1-25(35)7-4-22-38-31-16-10-28(11-17-31)34(29-12-18-32(19-13-29)39-23-5-8-26(2)36)30-14-20-33(21-15-30)40-24-6-9-27(3)37/h10-21,34H,4-9,22-24H2,1-3H3. The average Bonchev–Trinajstić information content (AvgIpc) is 2.94. The lowest BCUT2D eigenvalue weighted by Gasteiger charge is -2.20. The highest BCUT2D eigenvalue weighted by Crippen LogP contribution is 2.34. The molecule has 0 aliphatic carbocycles. The van der Waals surface area contributed by atoms with E-state index in [1.54, 1.807) is 20.8 Å². The molecule has 0 fully saturated rings. The molecule has 212 valence electrons. The first-order chi connectivity index (χ1) is 19.3. The fourth-order valence-corrected chi connectivity index (χ4v) is 4.38. The van der Waals surface area contributed by atoms with E-state index in [0.717, 1.165) is 33.9 Å². The minimum atomic E-state index is -0.0229. The van der Waals surface area contributed by atoms with Crippen LogP contribution in [0.4, 0.5) is 0 Å². The van der Waals surface area contributed by atoms with E-state index in [4.69, 9.17) is 14.2 Å². The highest BCUT2D eigenvalue weighted by Gasteiger charge is 2.18. The Labute approximate surface area is 237 Å². The summed E-state index contributed by atoms with van der Waals surface area (Å²) in [5.41, 5.74) is 3.34. The van der Waals surface area contributed by atoms with Crippen LogP contribution in [0.1, 0.15) is 81.9 Å². The van der Waals surface area contributed by atoms with E-state index in [0.29, 0.717) is 58.3 Å². The van der Waals surface area contributed by atoms with Crippen molar-refractivity contribution in [3.05, 3.63) is 89.5 Å². The molecule has 0 aliphatic rings. The second-order valence-electron chi connectivity index (χ2n) is 10.1. The van der Waals surface area contributed by atoms with Crippen LogP contribution in [-0.4, -0.2) is 37.2 Å². The second kappa shape index (κ2) is 16.2. The molecule has 40 heavy (non-hydrogen) atoms.